The zero-order chi connectivity index (χ0) is 6.97. The van der Waals surface area contributed by atoms with Crippen LogP contribution in [-0.4, -0.2) is 5.91 Å². The largest absolute Gasteiger partial charge is 0.467 e. The maximum absolute atomic E-state index is 10.5. The molecule has 0 aliphatic carbocycles. The van der Waals surface area contributed by atoms with Crippen LogP contribution in [0.2, 0.25) is 0 Å². The van der Waals surface area contributed by atoms with Crippen molar-refractivity contribution in [2.24, 2.45) is 0 Å². The fraction of sp³-hybridized carbons (Fsp3) is 0.286. The summed E-state index contributed by atoms with van der Waals surface area (Å²) in [5.74, 6) is 0.945. The lowest BCUT2D eigenvalue weighted by Crippen LogP contribution is -2.41. The van der Waals surface area contributed by atoms with Gasteiger partial charge in [0.15, 0.2) is 0 Å². The van der Waals surface area contributed by atoms with Crippen LogP contribution in [0, 0.1) is 0 Å². The number of hydrogen-bond acceptors (Lipinski definition) is 2. The second kappa shape index (κ2) is 1.87. The number of nitrogens with one attached hydrogen (secondary N) is 1. The third kappa shape index (κ3) is 0.708. The molecule has 0 aromatic carbocycles. The minimum atomic E-state index is 0.0985. The highest BCUT2D eigenvalue weighted by atomic mass is 16.3. The van der Waals surface area contributed by atoms with Crippen molar-refractivity contribution in [1.29, 1.82) is 0 Å². The Morgan fingerprint density at radius 1 is 1.70 bits per heavy atom. The Labute approximate surface area is 58.0 Å². The van der Waals surface area contributed by atoms with Gasteiger partial charge in [0.05, 0.1) is 18.7 Å². The summed E-state index contributed by atoms with van der Waals surface area (Å²) in [6.45, 7) is 0. The molecule has 0 radical (unpaired) electrons. The molecular formula is C7H7NO2. The smallest absolute Gasteiger partial charge is 0.223 e. The highest BCUT2D eigenvalue weighted by Gasteiger charge is 2.28. The molecule has 0 saturated carbocycles. The van der Waals surface area contributed by atoms with Crippen LogP contribution in [-0.2, 0) is 4.79 Å². The molecule has 1 aromatic rings. The second-order valence-electron chi connectivity index (χ2n) is 2.34. The lowest BCUT2D eigenvalue weighted by atomic mass is 10.0. The van der Waals surface area contributed by atoms with Crippen LogP contribution >= 0.6 is 0 Å². The molecule has 0 bridgehead atoms. The van der Waals surface area contributed by atoms with Crippen molar-refractivity contribution in [2.75, 3.05) is 0 Å². The Morgan fingerprint density at radius 3 is 3.00 bits per heavy atom. The highest BCUT2D eigenvalue weighted by Crippen LogP contribution is 2.23. The molecule has 2 heterocycles. The van der Waals surface area contributed by atoms with Crippen molar-refractivity contribution in [3.05, 3.63) is 24.2 Å². The molecule has 1 amide bonds. The quantitative estimate of drug-likeness (QED) is 0.583. The van der Waals surface area contributed by atoms with Crippen LogP contribution in [0.15, 0.2) is 22.8 Å². The first kappa shape index (κ1) is 5.53. The Balaban J connectivity index is 2.10. The molecule has 1 N–H and O–H groups in total. The molecule has 2 rings (SSSR count). The molecule has 1 saturated heterocycles. The molecule has 3 nitrogen and oxygen atoms in total. The Bertz CT molecular complexity index is 232. The highest BCUT2D eigenvalue weighted by molar-refractivity contribution is 5.83. The van der Waals surface area contributed by atoms with E-state index in [0.717, 1.165) is 5.76 Å². The molecule has 0 spiro atoms. The van der Waals surface area contributed by atoms with Crippen LogP contribution in [0.5, 0.6) is 0 Å². The van der Waals surface area contributed by atoms with Gasteiger partial charge in [-0.25, -0.2) is 0 Å². The van der Waals surface area contributed by atoms with Gasteiger partial charge in [-0.05, 0) is 12.1 Å². The molecule has 10 heavy (non-hydrogen) atoms. The van der Waals surface area contributed by atoms with Crippen LogP contribution < -0.4 is 5.32 Å². The van der Waals surface area contributed by atoms with E-state index < -0.39 is 0 Å². The van der Waals surface area contributed by atoms with E-state index in [9.17, 15) is 4.79 Å². The normalized spacial score (nSPS) is 23.6. The summed E-state index contributed by atoms with van der Waals surface area (Å²) < 4.78 is 5.07. The predicted molar refractivity (Wildman–Crippen MR) is 34.2 cm³/mol. The van der Waals surface area contributed by atoms with E-state index in [0.29, 0.717) is 6.42 Å². The van der Waals surface area contributed by atoms with E-state index in [2.05, 4.69) is 5.32 Å². The number of carbonyl (C=O) groups excluding carboxylic acids is 1. The van der Waals surface area contributed by atoms with E-state index in [1.165, 1.54) is 0 Å². The van der Waals surface area contributed by atoms with Gasteiger partial charge in [0, 0.05) is 0 Å². The second-order valence-corrected chi connectivity index (χ2v) is 2.34. The van der Waals surface area contributed by atoms with Gasteiger partial charge in [0.2, 0.25) is 5.91 Å². The van der Waals surface area contributed by atoms with Crippen LogP contribution in [0.25, 0.3) is 0 Å². The number of rotatable bonds is 1. The number of furan rings is 1. The molecule has 1 aromatic heterocycles. The monoisotopic (exact) mass is 137 g/mol. The standard InChI is InChI=1S/C7H7NO2/c9-7-4-5(8-7)6-2-1-3-10-6/h1-3,5H,4H2,(H,8,9). The minimum Gasteiger partial charge on any atom is -0.467 e. The molecule has 1 atom stereocenters. The van der Waals surface area contributed by atoms with Crippen molar-refractivity contribution in [2.45, 2.75) is 12.5 Å². The first-order valence-electron chi connectivity index (χ1n) is 3.19. The van der Waals surface area contributed by atoms with E-state index in [1.54, 1.807) is 6.26 Å². The number of amides is 1. The first-order chi connectivity index (χ1) is 4.86. The van der Waals surface area contributed by atoms with Gasteiger partial charge in [0.1, 0.15) is 5.76 Å². The molecule has 1 aliphatic heterocycles. The first-order valence-corrected chi connectivity index (χ1v) is 3.19. The lowest BCUT2D eigenvalue weighted by molar-refractivity contribution is -0.128. The van der Waals surface area contributed by atoms with Gasteiger partial charge < -0.3 is 9.73 Å². The van der Waals surface area contributed by atoms with Crippen molar-refractivity contribution < 1.29 is 9.21 Å². The van der Waals surface area contributed by atoms with Crippen molar-refractivity contribution in [1.82, 2.24) is 5.32 Å². The summed E-state index contributed by atoms with van der Waals surface area (Å²) >= 11 is 0. The van der Waals surface area contributed by atoms with Gasteiger partial charge in [-0.15, -0.1) is 0 Å². The fourth-order valence-corrected chi connectivity index (χ4v) is 1.02. The SMILES string of the molecule is O=C1CC(c2ccco2)N1. The molecule has 1 unspecified atom stereocenters. The average molecular weight is 137 g/mol. The number of carbonyl (C=O) groups is 1. The molecular weight excluding hydrogens is 130 g/mol. The zero-order valence-electron chi connectivity index (χ0n) is 5.33. The van der Waals surface area contributed by atoms with E-state index in [-0.39, 0.29) is 11.9 Å². The van der Waals surface area contributed by atoms with Gasteiger partial charge in [-0.3, -0.25) is 4.79 Å². The predicted octanol–water partition coefficient (Wildman–Crippen LogP) is 0.841. The summed E-state index contributed by atoms with van der Waals surface area (Å²) in [6, 6.07) is 3.81. The topological polar surface area (TPSA) is 42.2 Å². The Morgan fingerprint density at radius 2 is 2.50 bits per heavy atom. The van der Waals surface area contributed by atoms with Crippen LogP contribution in [0.1, 0.15) is 18.2 Å². The fourth-order valence-electron chi connectivity index (χ4n) is 1.02. The maximum atomic E-state index is 10.5. The summed E-state index contributed by atoms with van der Waals surface area (Å²) in [5, 5.41) is 2.71. The van der Waals surface area contributed by atoms with Crippen molar-refractivity contribution in [3.63, 3.8) is 0 Å². The van der Waals surface area contributed by atoms with E-state index >= 15 is 0 Å². The summed E-state index contributed by atoms with van der Waals surface area (Å²) in [6.07, 6.45) is 2.17. The van der Waals surface area contributed by atoms with Crippen molar-refractivity contribution >= 4 is 5.91 Å². The Kier molecular flexibility index (Phi) is 1.03. The minimum absolute atomic E-state index is 0.0985. The lowest BCUT2D eigenvalue weighted by Gasteiger charge is -2.24. The Hall–Kier alpha value is -1.25. The summed E-state index contributed by atoms with van der Waals surface area (Å²) in [5.41, 5.74) is 0. The molecule has 1 fully saturated rings. The molecule has 52 valence electrons. The van der Waals surface area contributed by atoms with Crippen molar-refractivity contribution in [3.8, 4) is 0 Å². The van der Waals surface area contributed by atoms with Gasteiger partial charge in [0.25, 0.3) is 0 Å². The molecule has 1 aliphatic rings. The van der Waals surface area contributed by atoms with E-state index in [1.807, 2.05) is 12.1 Å². The van der Waals surface area contributed by atoms with Crippen LogP contribution in [0.4, 0.5) is 0 Å². The average Bonchev–Trinajstić information content (AvgIpc) is 2.31. The summed E-state index contributed by atoms with van der Waals surface area (Å²) in [4.78, 5) is 10.5. The van der Waals surface area contributed by atoms with Gasteiger partial charge in [-0.1, -0.05) is 0 Å². The van der Waals surface area contributed by atoms with Crippen LogP contribution in [0.3, 0.4) is 0 Å². The molecule has 3 heteroatoms. The maximum Gasteiger partial charge on any atom is 0.223 e. The number of hydrogen-bond donors (Lipinski definition) is 1. The number of β-lactam (4-membered cyclic amide) rings is 1. The summed E-state index contributed by atoms with van der Waals surface area (Å²) in [7, 11) is 0. The third-order valence-electron chi connectivity index (χ3n) is 1.61. The third-order valence-corrected chi connectivity index (χ3v) is 1.61. The zero-order valence-corrected chi connectivity index (χ0v) is 5.33. The van der Waals surface area contributed by atoms with Gasteiger partial charge >= 0.3 is 0 Å². The van der Waals surface area contributed by atoms with Gasteiger partial charge in [-0.2, -0.15) is 0 Å². The van der Waals surface area contributed by atoms with E-state index in [4.69, 9.17) is 4.42 Å².